The molecule has 0 aliphatic heterocycles. The third-order valence-corrected chi connectivity index (χ3v) is 2.47. The Balaban J connectivity index is 4.10. The minimum atomic E-state index is 0.225. The standard InChI is InChI=1S/C8H20NO/c1-8(2,3)9(4,5)6-7-10/h10H,6-7H2,1-5H3/q+1. The van der Waals surface area contributed by atoms with Crippen LogP contribution in [-0.4, -0.2) is 42.4 Å². The third kappa shape index (κ3) is 2.27. The summed E-state index contributed by atoms with van der Waals surface area (Å²) in [4.78, 5) is 0. The first kappa shape index (κ1) is 9.92. The Morgan fingerprint density at radius 2 is 1.60 bits per heavy atom. The number of aliphatic hydroxyl groups excluding tert-OH is 1. The molecule has 0 spiro atoms. The lowest BCUT2D eigenvalue weighted by Gasteiger charge is -2.41. The minimum absolute atomic E-state index is 0.225. The van der Waals surface area contributed by atoms with Gasteiger partial charge in [0.2, 0.25) is 0 Å². The summed E-state index contributed by atoms with van der Waals surface area (Å²) in [6.07, 6.45) is 0. The normalized spacial score (nSPS) is 13.8. The number of rotatable bonds is 2. The number of aliphatic hydroxyl groups is 1. The van der Waals surface area contributed by atoms with Gasteiger partial charge in [-0.1, -0.05) is 0 Å². The van der Waals surface area contributed by atoms with Crippen LogP contribution in [0, 0.1) is 0 Å². The summed E-state index contributed by atoms with van der Waals surface area (Å²) in [6, 6.07) is 0. The van der Waals surface area contributed by atoms with Crippen molar-refractivity contribution in [3.8, 4) is 0 Å². The summed E-state index contributed by atoms with van der Waals surface area (Å²) in [5, 5.41) is 8.75. The molecule has 0 saturated carbocycles. The zero-order chi connectivity index (χ0) is 8.41. The van der Waals surface area contributed by atoms with Crippen LogP contribution in [0.4, 0.5) is 0 Å². The van der Waals surface area contributed by atoms with Crippen molar-refractivity contribution < 1.29 is 9.59 Å². The summed E-state index contributed by atoms with van der Waals surface area (Å²) in [6.45, 7) is 7.64. The van der Waals surface area contributed by atoms with Gasteiger partial charge in [-0.05, 0) is 20.8 Å². The maximum absolute atomic E-state index is 8.75. The molecule has 62 valence electrons. The van der Waals surface area contributed by atoms with Crippen LogP contribution in [0.25, 0.3) is 0 Å². The molecule has 0 fully saturated rings. The van der Waals surface area contributed by atoms with Crippen LogP contribution in [0.1, 0.15) is 20.8 Å². The molecule has 10 heavy (non-hydrogen) atoms. The van der Waals surface area contributed by atoms with E-state index in [1.165, 1.54) is 0 Å². The first-order valence-electron chi connectivity index (χ1n) is 3.75. The maximum atomic E-state index is 8.75. The van der Waals surface area contributed by atoms with Crippen LogP contribution in [0.15, 0.2) is 0 Å². The highest BCUT2D eigenvalue weighted by molar-refractivity contribution is 4.59. The molecular formula is C8H20NO+. The van der Waals surface area contributed by atoms with Crippen LogP contribution in [0.3, 0.4) is 0 Å². The third-order valence-electron chi connectivity index (χ3n) is 2.47. The predicted molar refractivity (Wildman–Crippen MR) is 43.8 cm³/mol. The summed E-state index contributed by atoms with van der Waals surface area (Å²) in [5.41, 5.74) is 0.225. The lowest BCUT2D eigenvalue weighted by atomic mass is 10.0. The van der Waals surface area contributed by atoms with Gasteiger partial charge in [0.05, 0.1) is 26.2 Å². The van der Waals surface area contributed by atoms with Gasteiger partial charge in [0.1, 0.15) is 6.54 Å². The Hall–Kier alpha value is -0.0800. The molecule has 0 heterocycles. The number of quaternary nitrogens is 1. The lowest BCUT2D eigenvalue weighted by Crippen LogP contribution is -2.55. The molecule has 0 aliphatic rings. The molecule has 0 saturated heterocycles. The molecule has 0 amide bonds. The molecule has 0 unspecified atom stereocenters. The van der Waals surface area contributed by atoms with Crippen molar-refractivity contribution in [2.75, 3.05) is 27.2 Å². The number of hydrogen-bond acceptors (Lipinski definition) is 1. The van der Waals surface area contributed by atoms with Crippen molar-refractivity contribution in [2.24, 2.45) is 0 Å². The minimum Gasteiger partial charge on any atom is -0.391 e. The van der Waals surface area contributed by atoms with Crippen LogP contribution in [0.5, 0.6) is 0 Å². The molecule has 0 aromatic rings. The fraction of sp³-hybridized carbons (Fsp3) is 1.00. The highest BCUT2D eigenvalue weighted by Gasteiger charge is 2.30. The van der Waals surface area contributed by atoms with Gasteiger partial charge >= 0.3 is 0 Å². The van der Waals surface area contributed by atoms with E-state index in [-0.39, 0.29) is 12.1 Å². The van der Waals surface area contributed by atoms with Crippen molar-refractivity contribution in [1.29, 1.82) is 0 Å². The smallest absolute Gasteiger partial charge is 0.102 e. The van der Waals surface area contributed by atoms with E-state index in [2.05, 4.69) is 34.9 Å². The van der Waals surface area contributed by atoms with Crippen molar-refractivity contribution in [3.05, 3.63) is 0 Å². The van der Waals surface area contributed by atoms with Gasteiger partial charge < -0.3 is 9.59 Å². The Labute approximate surface area is 64.1 Å². The molecular weight excluding hydrogens is 126 g/mol. The van der Waals surface area contributed by atoms with Gasteiger partial charge in [-0.3, -0.25) is 0 Å². The Morgan fingerprint density at radius 3 is 1.70 bits per heavy atom. The average molecular weight is 146 g/mol. The van der Waals surface area contributed by atoms with Gasteiger partial charge in [-0.15, -0.1) is 0 Å². The highest BCUT2D eigenvalue weighted by atomic mass is 16.3. The largest absolute Gasteiger partial charge is 0.391 e. The van der Waals surface area contributed by atoms with Crippen molar-refractivity contribution in [2.45, 2.75) is 26.3 Å². The molecule has 1 N–H and O–H groups in total. The van der Waals surface area contributed by atoms with Gasteiger partial charge in [0.15, 0.2) is 0 Å². The highest BCUT2D eigenvalue weighted by Crippen LogP contribution is 2.17. The van der Waals surface area contributed by atoms with Gasteiger partial charge in [0, 0.05) is 0 Å². The van der Waals surface area contributed by atoms with Crippen molar-refractivity contribution in [3.63, 3.8) is 0 Å². The second-order valence-corrected chi connectivity index (χ2v) is 4.30. The van der Waals surface area contributed by atoms with Crippen LogP contribution < -0.4 is 0 Å². The zero-order valence-corrected chi connectivity index (χ0v) is 7.81. The Morgan fingerprint density at radius 1 is 1.20 bits per heavy atom. The number of nitrogens with zero attached hydrogens (tertiary/aromatic N) is 1. The van der Waals surface area contributed by atoms with Crippen molar-refractivity contribution >= 4 is 0 Å². The Bertz CT molecular complexity index is 102. The van der Waals surface area contributed by atoms with E-state index in [0.717, 1.165) is 11.0 Å². The number of likely N-dealkylation sites (N-methyl/N-ethyl adjacent to an activating group) is 1. The van der Waals surface area contributed by atoms with Gasteiger partial charge in [-0.25, -0.2) is 0 Å². The molecule has 0 aliphatic carbocycles. The van der Waals surface area contributed by atoms with E-state index >= 15 is 0 Å². The molecule has 0 radical (unpaired) electrons. The molecule has 0 atom stereocenters. The van der Waals surface area contributed by atoms with E-state index in [0.29, 0.717) is 0 Å². The lowest BCUT2D eigenvalue weighted by molar-refractivity contribution is -0.935. The summed E-state index contributed by atoms with van der Waals surface area (Å²) < 4.78 is 0.865. The summed E-state index contributed by atoms with van der Waals surface area (Å²) in [7, 11) is 4.27. The fourth-order valence-corrected chi connectivity index (χ4v) is 0.585. The number of hydrogen-bond donors (Lipinski definition) is 1. The topological polar surface area (TPSA) is 20.2 Å². The molecule has 0 aromatic carbocycles. The van der Waals surface area contributed by atoms with Crippen LogP contribution in [-0.2, 0) is 0 Å². The summed E-state index contributed by atoms with van der Waals surface area (Å²) >= 11 is 0. The van der Waals surface area contributed by atoms with E-state index in [1.807, 2.05) is 0 Å². The predicted octanol–water partition coefficient (Wildman–Crippen LogP) is 0.854. The van der Waals surface area contributed by atoms with E-state index < -0.39 is 0 Å². The first-order chi connectivity index (χ1) is 4.31. The molecule has 0 aromatic heterocycles. The van der Waals surface area contributed by atoms with E-state index in [9.17, 15) is 0 Å². The van der Waals surface area contributed by atoms with Crippen LogP contribution in [0.2, 0.25) is 0 Å². The second kappa shape index (κ2) is 2.89. The first-order valence-corrected chi connectivity index (χ1v) is 3.75. The van der Waals surface area contributed by atoms with Gasteiger partial charge in [0.25, 0.3) is 0 Å². The zero-order valence-electron chi connectivity index (χ0n) is 7.81. The van der Waals surface area contributed by atoms with Gasteiger partial charge in [-0.2, -0.15) is 0 Å². The SMILES string of the molecule is CC(C)(C)[N+](C)(C)CCO. The summed E-state index contributed by atoms with van der Waals surface area (Å²) in [5.74, 6) is 0. The molecule has 2 nitrogen and oxygen atoms in total. The molecule has 2 heteroatoms. The monoisotopic (exact) mass is 146 g/mol. The second-order valence-electron chi connectivity index (χ2n) is 4.30. The molecule has 0 bridgehead atoms. The maximum Gasteiger partial charge on any atom is 0.102 e. The van der Waals surface area contributed by atoms with E-state index in [4.69, 9.17) is 5.11 Å². The quantitative estimate of drug-likeness (QED) is 0.573. The fourth-order valence-electron chi connectivity index (χ4n) is 0.585. The van der Waals surface area contributed by atoms with Crippen molar-refractivity contribution in [1.82, 2.24) is 0 Å². The molecule has 0 rings (SSSR count). The van der Waals surface area contributed by atoms with Crippen LogP contribution >= 0.6 is 0 Å². The van der Waals surface area contributed by atoms with E-state index in [1.54, 1.807) is 0 Å². The average Bonchev–Trinajstić information content (AvgIpc) is 1.61. The Kier molecular flexibility index (Phi) is 2.86.